The fraction of sp³-hybridized carbons (Fsp3) is 0.500. The Morgan fingerprint density at radius 1 is 1.33 bits per heavy atom. The Balaban J connectivity index is 1.58. The number of carbonyl (C=O) groups excluding carboxylic acids is 2. The lowest BCUT2D eigenvalue weighted by Gasteiger charge is -2.16. The average Bonchev–Trinajstić information content (AvgIpc) is 3.12. The summed E-state index contributed by atoms with van der Waals surface area (Å²) < 4.78 is 0. The smallest absolute Gasteiger partial charge is 0.251 e. The van der Waals surface area contributed by atoms with Crippen LogP contribution in [-0.4, -0.2) is 42.4 Å². The van der Waals surface area contributed by atoms with Gasteiger partial charge in [0.2, 0.25) is 5.91 Å². The molecule has 1 atom stereocenters. The van der Waals surface area contributed by atoms with Crippen molar-refractivity contribution >= 4 is 11.8 Å². The van der Waals surface area contributed by atoms with Crippen molar-refractivity contribution in [3.8, 4) is 0 Å². The lowest BCUT2D eigenvalue weighted by molar-refractivity contribution is -0.128. The first-order chi connectivity index (χ1) is 10.2. The van der Waals surface area contributed by atoms with E-state index in [-0.39, 0.29) is 17.9 Å². The molecule has 2 aliphatic heterocycles. The maximum Gasteiger partial charge on any atom is 0.251 e. The van der Waals surface area contributed by atoms with E-state index in [0.29, 0.717) is 18.5 Å². The molecule has 2 aliphatic rings. The van der Waals surface area contributed by atoms with Crippen molar-refractivity contribution in [3.63, 3.8) is 0 Å². The van der Waals surface area contributed by atoms with Crippen LogP contribution in [0.15, 0.2) is 24.3 Å². The number of carbonyl (C=O) groups is 2. The third-order valence-electron chi connectivity index (χ3n) is 4.16. The monoisotopic (exact) mass is 287 g/mol. The van der Waals surface area contributed by atoms with Crippen LogP contribution in [0.25, 0.3) is 0 Å². The number of benzene rings is 1. The normalized spacial score (nSPS) is 21.8. The van der Waals surface area contributed by atoms with E-state index >= 15 is 0 Å². The summed E-state index contributed by atoms with van der Waals surface area (Å²) in [6.07, 6.45) is 2.60. The fourth-order valence-corrected chi connectivity index (χ4v) is 2.90. The molecule has 0 aromatic heterocycles. The first-order valence-electron chi connectivity index (χ1n) is 7.61. The summed E-state index contributed by atoms with van der Waals surface area (Å²) in [5.74, 6) is 0.207. The van der Waals surface area contributed by atoms with Gasteiger partial charge in [0.25, 0.3) is 5.91 Å². The van der Waals surface area contributed by atoms with Crippen LogP contribution in [0.4, 0.5) is 0 Å². The van der Waals surface area contributed by atoms with Crippen LogP contribution in [0.2, 0.25) is 0 Å². The van der Waals surface area contributed by atoms with Crippen molar-refractivity contribution in [2.45, 2.75) is 31.8 Å². The number of rotatable bonds is 4. The van der Waals surface area contributed by atoms with E-state index < -0.39 is 0 Å². The van der Waals surface area contributed by atoms with Crippen molar-refractivity contribution in [1.82, 2.24) is 15.5 Å². The third-order valence-corrected chi connectivity index (χ3v) is 4.16. The molecule has 112 valence electrons. The maximum absolute atomic E-state index is 12.1. The summed E-state index contributed by atoms with van der Waals surface area (Å²) in [5, 5.41) is 6.26. The largest absolute Gasteiger partial charge is 0.348 e. The van der Waals surface area contributed by atoms with Crippen molar-refractivity contribution in [3.05, 3.63) is 35.4 Å². The van der Waals surface area contributed by atoms with E-state index in [1.807, 2.05) is 29.2 Å². The molecule has 1 aromatic carbocycles. The highest BCUT2D eigenvalue weighted by atomic mass is 16.2. The predicted octanol–water partition coefficient (Wildman–Crippen LogP) is 0.901. The van der Waals surface area contributed by atoms with Crippen LogP contribution in [0.1, 0.15) is 35.2 Å². The molecule has 5 heteroatoms. The van der Waals surface area contributed by atoms with Crippen molar-refractivity contribution in [1.29, 1.82) is 0 Å². The summed E-state index contributed by atoms with van der Waals surface area (Å²) in [6, 6.07) is 7.79. The number of likely N-dealkylation sites (tertiary alicyclic amines) is 1. The Hall–Kier alpha value is -1.88. The molecule has 2 saturated heterocycles. The minimum Gasteiger partial charge on any atom is -0.348 e. The Kier molecular flexibility index (Phi) is 4.20. The molecule has 0 radical (unpaired) electrons. The van der Waals surface area contributed by atoms with Gasteiger partial charge in [0.05, 0.1) is 0 Å². The zero-order valence-electron chi connectivity index (χ0n) is 12.1. The number of nitrogens with one attached hydrogen (secondary N) is 2. The molecule has 5 nitrogen and oxygen atoms in total. The topological polar surface area (TPSA) is 61.4 Å². The lowest BCUT2D eigenvalue weighted by atomic mass is 10.1. The van der Waals surface area contributed by atoms with Gasteiger partial charge in [-0.3, -0.25) is 9.59 Å². The molecular weight excluding hydrogens is 266 g/mol. The van der Waals surface area contributed by atoms with E-state index in [0.717, 1.165) is 38.0 Å². The summed E-state index contributed by atoms with van der Waals surface area (Å²) in [4.78, 5) is 25.6. The highest BCUT2D eigenvalue weighted by molar-refractivity contribution is 5.94. The molecule has 2 amide bonds. The molecule has 1 unspecified atom stereocenters. The van der Waals surface area contributed by atoms with Crippen LogP contribution >= 0.6 is 0 Å². The molecule has 2 N–H and O–H groups in total. The molecule has 0 saturated carbocycles. The molecule has 2 fully saturated rings. The van der Waals surface area contributed by atoms with Gasteiger partial charge in [0.15, 0.2) is 0 Å². The molecule has 0 bridgehead atoms. The van der Waals surface area contributed by atoms with E-state index in [2.05, 4.69) is 10.6 Å². The zero-order chi connectivity index (χ0) is 14.7. The second-order valence-electron chi connectivity index (χ2n) is 5.78. The third kappa shape index (κ3) is 3.42. The molecule has 0 aliphatic carbocycles. The van der Waals surface area contributed by atoms with E-state index in [1.54, 1.807) is 0 Å². The van der Waals surface area contributed by atoms with Crippen molar-refractivity contribution < 1.29 is 9.59 Å². The SMILES string of the molecule is O=C(NC1CCNC1)c1ccc(CN2CCCC2=O)cc1. The Labute approximate surface area is 124 Å². The average molecular weight is 287 g/mol. The fourth-order valence-electron chi connectivity index (χ4n) is 2.90. The lowest BCUT2D eigenvalue weighted by Crippen LogP contribution is -2.36. The summed E-state index contributed by atoms with van der Waals surface area (Å²) in [5.41, 5.74) is 1.75. The molecule has 21 heavy (non-hydrogen) atoms. The van der Waals surface area contributed by atoms with Crippen LogP contribution in [0.5, 0.6) is 0 Å². The first-order valence-corrected chi connectivity index (χ1v) is 7.61. The first kappa shape index (κ1) is 14.1. The van der Waals surface area contributed by atoms with Crippen LogP contribution in [0, 0.1) is 0 Å². The van der Waals surface area contributed by atoms with Crippen LogP contribution in [0.3, 0.4) is 0 Å². The van der Waals surface area contributed by atoms with Crippen LogP contribution in [-0.2, 0) is 11.3 Å². The second kappa shape index (κ2) is 6.26. The van der Waals surface area contributed by atoms with Gasteiger partial charge in [-0.15, -0.1) is 0 Å². The van der Waals surface area contributed by atoms with Gasteiger partial charge in [0.1, 0.15) is 0 Å². The second-order valence-corrected chi connectivity index (χ2v) is 5.78. The Bertz CT molecular complexity index is 521. The summed E-state index contributed by atoms with van der Waals surface area (Å²) >= 11 is 0. The number of hydrogen-bond acceptors (Lipinski definition) is 3. The minimum absolute atomic E-state index is 0.0208. The van der Waals surface area contributed by atoms with Crippen LogP contribution < -0.4 is 10.6 Å². The summed E-state index contributed by atoms with van der Waals surface area (Å²) in [7, 11) is 0. The number of amides is 2. The van der Waals surface area contributed by atoms with Gasteiger partial charge in [-0.2, -0.15) is 0 Å². The molecule has 2 heterocycles. The van der Waals surface area contributed by atoms with E-state index in [1.165, 1.54) is 0 Å². The van der Waals surface area contributed by atoms with E-state index in [4.69, 9.17) is 0 Å². The number of hydrogen-bond donors (Lipinski definition) is 2. The molecule has 1 aromatic rings. The maximum atomic E-state index is 12.1. The van der Waals surface area contributed by atoms with Gasteiger partial charge in [-0.25, -0.2) is 0 Å². The van der Waals surface area contributed by atoms with Crippen molar-refractivity contribution in [2.75, 3.05) is 19.6 Å². The van der Waals surface area contributed by atoms with Gasteiger partial charge in [0, 0.05) is 37.7 Å². The Morgan fingerprint density at radius 3 is 2.76 bits per heavy atom. The zero-order valence-corrected chi connectivity index (χ0v) is 12.1. The van der Waals surface area contributed by atoms with Gasteiger partial charge >= 0.3 is 0 Å². The van der Waals surface area contributed by atoms with E-state index in [9.17, 15) is 9.59 Å². The van der Waals surface area contributed by atoms with Gasteiger partial charge in [-0.05, 0) is 37.1 Å². The highest BCUT2D eigenvalue weighted by Crippen LogP contribution is 2.15. The molecule has 0 spiro atoms. The molecular formula is C16H21N3O2. The predicted molar refractivity (Wildman–Crippen MR) is 79.8 cm³/mol. The number of nitrogens with zero attached hydrogens (tertiary/aromatic N) is 1. The summed E-state index contributed by atoms with van der Waals surface area (Å²) in [6.45, 7) is 3.30. The van der Waals surface area contributed by atoms with Gasteiger partial charge in [-0.1, -0.05) is 12.1 Å². The highest BCUT2D eigenvalue weighted by Gasteiger charge is 2.20. The molecule has 3 rings (SSSR count). The van der Waals surface area contributed by atoms with Gasteiger partial charge < -0.3 is 15.5 Å². The van der Waals surface area contributed by atoms with Crippen molar-refractivity contribution in [2.24, 2.45) is 0 Å². The Morgan fingerprint density at radius 2 is 2.14 bits per heavy atom. The quantitative estimate of drug-likeness (QED) is 0.865. The standard InChI is InChI=1S/C16H21N3O2/c20-15-2-1-9-19(15)11-12-3-5-13(6-4-12)16(21)18-14-7-8-17-10-14/h3-6,14,17H,1-2,7-11H2,(H,18,21). The minimum atomic E-state index is -0.0208.